The molecule has 4 rings (SSSR count). The van der Waals surface area contributed by atoms with E-state index in [0.717, 1.165) is 10.4 Å². The number of carbonyl (C=O) groups is 1. The Morgan fingerprint density at radius 3 is 2.90 bits per heavy atom. The van der Waals surface area contributed by atoms with Gasteiger partial charge in [0.1, 0.15) is 17.2 Å². The number of carbonyl (C=O) groups excluding carboxylic acids is 1. The average Bonchev–Trinajstić information content (AvgIpc) is 3.29. The van der Waals surface area contributed by atoms with Crippen LogP contribution in [0.4, 0.5) is 0 Å². The van der Waals surface area contributed by atoms with E-state index in [-0.39, 0.29) is 10.9 Å². The first-order valence-electron chi connectivity index (χ1n) is 9.01. The fraction of sp³-hybridized carbons (Fsp3) is 0.286. The lowest BCUT2D eigenvalue weighted by Gasteiger charge is -2.12. The summed E-state index contributed by atoms with van der Waals surface area (Å²) >= 11 is 1.29. The summed E-state index contributed by atoms with van der Waals surface area (Å²) in [7, 11) is 0. The number of hydrogen-bond donors (Lipinski definition) is 2. The van der Waals surface area contributed by atoms with Crippen molar-refractivity contribution in [1.29, 1.82) is 0 Å². The number of benzene rings is 1. The van der Waals surface area contributed by atoms with Crippen molar-refractivity contribution in [2.24, 2.45) is 5.73 Å². The molecule has 0 spiro atoms. The Kier molecular flexibility index (Phi) is 4.65. The van der Waals surface area contributed by atoms with Crippen LogP contribution >= 0.6 is 11.3 Å². The van der Waals surface area contributed by atoms with Gasteiger partial charge in [-0.1, -0.05) is 23.9 Å². The Hall–Kier alpha value is -3.15. The molecule has 2 atom stereocenters. The largest absolute Gasteiger partial charge is 0.492 e. The smallest absolute Gasteiger partial charge is 0.277 e. The van der Waals surface area contributed by atoms with Gasteiger partial charge in [0.25, 0.3) is 5.91 Å². The highest BCUT2D eigenvalue weighted by atomic mass is 32.1. The monoisotopic (exact) mass is 409 g/mol. The van der Waals surface area contributed by atoms with Crippen LogP contribution in [0.2, 0.25) is 0 Å². The molecule has 1 amide bonds. The molecule has 3 N–H and O–H groups in total. The van der Waals surface area contributed by atoms with Crippen LogP contribution in [0.5, 0.6) is 5.75 Å². The van der Waals surface area contributed by atoms with Gasteiger partial charge in [0.15, 0.2) is 10.6 Å². The number of fused-ring (bicyclic) bond motifs is 3. The van der Waals surface area contributed by atoms with E-state index in [1.54, 1.807) is 19.9 Å². The van der Waals surface area contributed by atoms with E-state index in [0.29, 0.717) is 35.1 Å². The number of aromatic nitrogens is 2. The number of primary amides is 1. The first kappa shape index (κ1) is 19.2. The minimum Gasteiger partial charge on any atom is -0.492 e. The molecule has 7 nitrogen and oxygen atoms in total. The molecule has 3 aromatic rings. The van der Waals surface area contributed by atoms with Crippen LogP contribution in [0.3, 0.4) is 0 Å². The van der Waals surface area contributed by atoms with E-state index in [4.69, 9.17) is 15.0 Å². The van der Waals surface area contributed by atoms with Crippen molar-refractivity contribution in [3.05, 3.63) is 51.2 Å². The molecule has 3 heterocycles. The third-order valence-electron chi connectivity index (χ3n) is 4.61. The number of aliphatic hydroxyl groups is 1. The van der Waals surface area contributed by atoms with Gasteiger partial charge in [-0.2, -0.15) is 0 Å². The number of rotatable bonds is 2. The Labute approximate surface area is 171 Å². The minimum absolute atomic E-state index is 0.0775. The van der Waals surface area contributed by atoms with Crippen LogP contribution < -0.4 is 10.5 Å². The predicted octanol–water partition coefficient (Wildman–Crippen LogP) is 2.96. The Balaban J connectivity index is 1.76. The van der Waals surface area contributed by atoms with E-state index in [1.807, 2.05) is 25.1 Å². The molecule has 1 aliphatic rings. The van der Waals surface area contributed by atoms with E-state index < -0.39 is 11.5 Å². The van der Waals surface area contributed by atoms with Gasteiger partial charge in [0.05, 0.1) is 12.3 Å². The lowest BCUT2D eigenvalue weighted by molar-refractivity contribution is 0.0999. The number of thiazole rings is 1. The van der Waals surface area contributed by atoms with Gasteiger partial charge >= 0.3 is 0 Å². The first-order chi connectivity index (χ1) is 13.7. The normalized spacial score (nSPS) is 17.0. The molecule has 0 fully saturated rings. The minimum atomic E-state index is -1.46. The average molecular weight is 409 g/mol. The van der Waals surface area contributed by atoms with Crippen LogP contribution in [0.25, 0.3) is 11.3 Å². The molecule has 8 heteroatoms. The van der Waals surface area contributed by atoms with Gasteiger partial charge < -0.3 is 20.1 Å². The summed E-state index contributed by atoms with van der Waals surface area (Å²) in [5.74, 6) is 6.61. The molecule has 148 valence electrons. The number of nitrogens with two attached hydrogens (primary N) is 1. The molecule has 0 aliphatic carbocycles. The number of hydrogen-bond acceptors (Lipinski definition) is 7. The van der Waals surface area contributed by atoms with Crippen molar-refractivity contribution in [3.63, 3.8) is 0 Å². The maximum Gasteiger partial charge on any atom is 0.277 e. The molecule has 0 saturated heterocycles. The summed E-state index contributed by atoms with van der Waals surface area (Å²) < 4.78 is 10.9. The van der Waals surface area contributed by atoms with Crippen LogP contribution in [-0.4, -0.2) is 27.8 Å². The van der Waals surface area contributed by atoms with Gasteiger partial charge in [0.2, 0.25) is 0 Å². The summed E-state index contributed by atoms with van der Waals surface area (Å²) in [4.78, 5) is 17.0. The van der Waals surface area contributed by atoms with E-state index in [2.05, 4.69) is 22.0 Å². The van der Waals surface area contributed by atoms with Crippen LogP contribution in [0, 0.1) is 18.8 Å². The van der Waals surface area contributed by atoms with E-state index in [1.165, 1.54) is 11.3 Å². The first-order valence-corrected chi connectivity index (χ1v) is 9.83. The van der Waals surface area contributed by atoms with Gasteiger partial charge in [-0.05, 0) is 32.0 Å². The van der Waals surface area contributed by atoms with Crippen molar-refractivity contribution in [3.8, 4) is 28.8 Å². The topological polar surface area (TPSA) is 111 Å². The summed E-state index contributed by atoms with van der Waals surface area (Å²) in [5.41, 5.74) is 6.42. The summed E-state index contributed by atoms with van der Waals surface area (Å²) in [6.45, 7) is 5.81. The maximum absolute atomic E-state index is 11.6. The predicted molar refractivity (Wildman–Crippen MR) is 108 cm³/mol. The zero-order chi connectivity index (χ0) is 20.8. The van der Waals surface area contributed by atoms with Crippen molar-refractivity contribution in [1.82, 2.24) is 10.1 Å². The van der Waals surface area contributed by atoms with Crippen molar-refractivity contribution in [2.75, 3.05) is 6.61 Å². The molecule has 0 saturated carbocycles. The standard InChI is InChI=1S/C21H19N3O4S/c1-11-10-27-15-5-4-13(6-7-21(3,26)16-8-12(2)28-24-16)9-14(15)17-18(11)29-20(23-17)19(22)25/h4-5,8-9,11,26H,10H2,1-3H3,(H2,22,25)/t11?,21-/m1/s1. The highest BCUT2D eigenvalue weighted by Gasteiger charge is 2.27. The highest BCUT2D eigenvalue weighted by Crippen LogP contribution is 2.41. The van der Waals surface area contributed by atoms with Gasteiger partial charge in [-0.15, -0.1) is 11.3 Å². The molecule has 2 aromatic heterocycles. The Bertz CT molecular complexity index is 1170. The Morgan fingerprint density at radius 1 is 1.41 bits per heavy atom. The van der Waals surface area contributed by atoms with Gasteiger partial charge in [-0.25, -0.2) is 4.98 Å². The molecular formula is C21H19N3O4S. The molecular weight excluding hydrogens is 390 g/mol. The van der Waals surface area contributed by atoms with Crippen LogP contribution in [-0.2, 0) is 5.60 Å². The molecule has 1 aliphatic heterocycles. The SMILES string of the molecule is Cc1cc([C@](C)(O)C#Cc2ccc3c(c2)-c2nc(C(N)=O)sc2C(C)CO3)no1. The van der Waals surface area contributed by atoms with Crippen molar-refractivity contribution < 1.29 is 19.2 Å². The van der Waals surface area contributed by atoms with Crippen molar-refractivity contribution >= 4 is 17.2 Å². The maximum atomic E-state index is 11.6. The lowest BCUT2D eigenvalue weighted by atomic mass is 10.0. The van der Waals surface area contributed by atoms with E-state index >= 15 is 0 Å². The summed E-state index contributed by atoms with van der Waals surface area (Å²) in [6.07, 6.45) is 0. The number of ether oxygens (including phenoxy) is 1. The number of aryl methyl sites for hydroxylation is 1. The quantitative estimate of drug-likeness (QED) is 0.630. The fourth-order valence-electron chi connectivity index (χ4n) is 3.03. The Morgan fingerprint density at radius 2 is 2.21 bits per heavy atom. The summed E-state index contributed by atoms with van der Waals surface area (Å²) in [5, 5.41) is 14.7. The molecule has 0 radical (unpaired) electrons. The van der Waals surface area contributed by atoms with Crippen LogP contribution in [0.1, 0.15) is 51.5 Å². The molecule has 29 heavy (non-hydrogen) atoms. The number of nitrogens with zero attached hydrogens (tertiary/aromatic N) is 2. The van der Waals surface area contributed by atoms with Crippen LogP contribution in [0.15, 0.2) is 28.8 Å². The third kappa shape index (κ3) is 3.62. The molecule has 1 aromatic carbocycles. The molecule has 1 unspecified atom stereocenters. The second kappa shape index (κ2) is 7.03. The highest BCUT2D eigenvalue weighted by molar-refractivity contribution is 7.14. The van der Waals surface area contributed by atoms with Crippen molar-refractivity contribution in [2.45, 2.75) is 32.3 Å². The summed E-state index contributed by atoms with van der Waals surface area (Å²) in [6, 6.07) is 7.12. The van der Waals surface area contributed by atoms with E-state index in [9.17, 15) is 9.90 Å². The fourth-order valence-corrected chi connectivity index (χ4v) is 3.99. The third-order valence-corrected chi connectivity index (χ3v) is 5.91. The lowest BCUT2D eigenvalue weighted by Crippen LogP contribution is -2.18. The van der Waals surface area contributed by atoms with Gasteiger partial charge in [0, 0.05) is 28.0 Å². The number of amides is 1. The van der Waals surface area contributed by atoms with Gasteiger partial charge in [-0.3, -0.25) is 4.79 Å². The second-order valence-electron chi connectivity index (χ2n) is 7.16. The zero-order valence-electron chi connectivity index (χ0n) is 16.1. The zero-order valence-corrected chi connectivity index (χ0v) is 17.0. The molecule has 0 bridgehead atoms. The second-order valence-corrected chi connectivity index (χ2v) is 8.19.